The predicted octanol–water partition coefficient (Wildman–Crippen LogP) is 8.17. The highest BCUT2D eigenvalue weighted by Gasteiger charge is 2.27. The van der Waals surface area contributed by atoms with Crippen molar-refractivity contribution in [2.75, 3.05) is 17.2 Å². The van der Waals surface area contributed by atoms with Crippen molar-refractivity contribution in [3.8, 4) is 0 Å². The summed E-state index contributed by atoms with van der Waals surface area (Å²) in [4.78, 5) is 55.5. The maximum atomic E-state index is 13.4. The first-order valence-electron chi connectivity index (χ1n) is 15.6. The number of thioether (sulfide) groups is 1. The number of amides is 3. The standard InChI is InChI=1S/C36H37N3O5S3/c1-3-44-36(43)31-28-18-9-4-5-10-19-30(28)47-35(31)39-32(40)23(2)46-27-16-11-15-25(21-27)37-34(42)29(22-26-17-12-20-45-26)38-33(41)24-13-7-6-8-14-24/h6-8,11-17,20-23H,3-5,9-10,18-19H2,1-2H3,(H,37,42)(H,38,41)(H,39,40)/b29-22-. The predicted molar refractivity (Wildman–Crippen MR) is 191 cm³/mol. The molecule has 0 saturated carbocycles. The van der Waals surface area contributed by atoms with Gasteiger partial charge in [-0.3, -0.25) is 14.4 Å². The second-order valence-electron chi connectivity index (χ2n) is 11.0. The lowest BCUT2D eigenvalue weighted by Crippen LogP contribution is -2.30. The summed E-state index contributed by atoms with van der Waals surface area (Å²) in [5.74, 6) is -1.49. The molecule has 1 aliphatic carbocycles. The summed E-state index contributed by atoms with van der Waals surface area (Å²) in [5, 5.41) is 10.6. The van der Waals surface area contributed by atoms with Crippen LogP contribution in [0.1, 0.15) is 75.6 Å². The molecule has 3 N–H and O–H groups in total. The molecule has 0 bridgehead atoms. The van der Waals surface area contributed by atoms with E-state index < -0.39 is 23.0 Å². The van der Waals surface area contributed by atoms with Gasteiger partial charge in [0.15, 0.2) is 0 Å². The number of fused-ring (bicyclic) bond motifs is 1. The van der Waals surface area contributed by atoms with E-state index in [4.69, 9.17) is 4.74 Å². The zero-order valence-electron chi connectivity index (χ0n) is 26.3. The minimum Gasteiger partial charge on any atom is -0.462 e. The highest BCUT2D eigenvalue weighted by atomic mass is 32.2. The molecule has 244 valence electrons. The Morgan fingerprint density at radius 3 is 2.47 bits per heavy atom. The van der Waals surface area contributed by atoms with Crippen LogP contribution in [0.5, 0.6) is 0 Å². The van der Waals surface area contributed by atoms with E-state index in [0.717, 1.165) is 58.7 Å². The molecular weight excluding hydrogens is 651 g/mol. The van der Waals surface area contributed by atoms with Gasteiger partial charge in [-0.2, -0.15) is 0 Å². The number of rotatable bonds is 11. The van der Waals surface area contributed by atoms with Crippen molar-refractivity contribution in [1.82, 2.24) is 5.32 Å². The third-order valence-corrected chi connectivity index (χ3v) is 10.6. The zero-order valence-corrected chi connectivity index (χ0v) is 28.7. The summed E-state index contributed by atoms with van der Waals surface area (Å²) in [6.45, 7) is 3.85. The summed E-state index contributed by atoms with van der Waals surface area (Å²) in [7, 11) is 0. The maximum absolute atomic E-state index is 13.4. The van der Waals surface area contributed by atoms with Crippen LogP contribution < -0.4 is 16.0 Å². The first kappa shape index (κ1) is 34.2. The van der Waals surface area contributed by atoms with Crippen LogP contribution in [0.25, 0.3) is 6.08 Å². The lowest BCUT2D eigenvalue weighted by Gasteiger charge is -2.14. The number of nitrogens with one attached hydrogen (secondary N) is 3. The Kier molecular flexibility index (Phi) is 12.0. The number of ether oxygens (including phenoxy) is 1. The number of benzene rings is 2. The molecule has 0 radical (unpaired) electrons. The van der Waals surface area contributed by atoms with Crippen LogP contribution in [-0.4, -0.2) is 35.5 Å². The van der Waals surface area contributed by atoms with E-state index in [1.54, 1.807) is 62.4 Å². The Hall–Kier alpha value is -4.19. The Balaban J connectivity index is 1.28. The molecule has 0 spiro atoms. The molecule has 11 heteroatoms. The second kappa shape index (κ2) is 16.6. The van der Waals surface area contributed by atoms with E-state index >= 15 is 0 Å². The van der Waals surface area contributed by atoms with E-state index in [1.807, 2.05) is 29.6 Å². The van der Waals surface area contributed by atoms with Crippen LogP contribution in [0.15, 0.2) is 82.7 Å². The molecule has 2 heterocycles. The Morgan fingerprint density at radius 1 is 0.936 bits per heavy atom. The van der Waals surface area contributed by atoms with Gasteiger partial charge in [0.1, 0.15) is 10.7 Å². The molecule has 3 amide bonds. The van der Waals surface area contributed by atoms with Crippen molar-refractivity contribution < 1.29 is 23.9 Å². The molecule has 0 fully saturated rings. The fraction of sp³-hybridized carbons (Fsp3) is 0.278. The molecule has 2 aromatic carbocycles. The van der Waals surface area contributed by atoms with Crippen molar-refractivity contribution >= 4 is 74.9 Å². The van der Waals surface area contributed by atoms with E-state index in [2.05, 4.69) is 16.0 Å². The van der Waals surface area contributed by atoms with Crippen molar-refractivity contribution in [1.29, 1.82) is 0 Å². The van der Waals surface area contributed by atoms with Crippen LogP contribution >= 0.6 is 34.4 Å². The topological polar surface area (TPSA) is 114 Å². The van der Waals surface area contributed by atoms with E-state index in [1.165, 1.54) is 34.4 Å². The molecule has 2 aromatic heterocycles. The van der Waals surface area contributed by atoms with Crippen molar-refractivity contribution in [3.05, 3.63) is 104 Å². The highest BCUT2D eigenvalue weighted by Crippen LogP contribution is 2.38. The van der Waals surface area contributed by atoms with Gasteiger partial charge < -0.3 is 20.7 Å². The quantitative estimate of drug-likeness (QED) is 0.0833. The number of thiophene rings is 2. The van der Waals surface area contributed by atoms with Gasteiger partial charge in [0.25, 0.3) is 11.8 Å². The van der Waals surface area contributed by atoms with Crippen LogP contribution in [-0.2, 0) is 27.2 Å². The van der Waals surface area contributed by atoms with E-state index in [-0.39, 0.29) is 18.2 Å². The van der Waals surface area contributed by atoms with Gasteiger partial charge in [-0.1, -0.05) is 43.2 Å². The minimum absolute atomic E-state index is 0.106. The fourth-order valence-electron chi connectivity index (χ4n) is 5.20. The van der Waals surface area contributed by atoms with Gasteiger partial charge in [0.2, 0.25) is 5.91 Å². The van der Waals surface area contributed by atoms with Crippen molar-refractivity contribution in [2.24, 2.45) is 0 Å². The summed E-state index contributed by atoms with van der Waals surface area (Å²) >= 11 is 4.27. The normalized spacial score (nSPS) is 13.8. The molecule has 47 heavy (non-hydrogen) atoms. The molecule has 4 aromatic rings. The number of carbonyl (C=O) groups is 4. The lowest BCUT2D eigenvalue weighted by molar-refractivity contribution is -0.115. The van der Waals surface area contributed by atoms with Crippen LogP contribution in [0.4, 0.5) is 10.7 Å². The maximum Gasteiger partial charge on any atom is 0.341 e. The average molecular weight is 688 g/mol. The van der Waals surface area contributed by atoms with E-state index in [0.29, 0.717) is 21.8 Å². The Labute approximate surface area is 287 Å². The third kappa shape index (κ3) is 9.21. The lowest BCUT2D eigenvalue weighted by atomic mass is 9.96. The number of hydrogen-bond donors (Lipinski definition) is 3. The van der Waals surface area contributed by atoms with Gasteiger partial charge in [0.05, 0.1) is 17.4 Å². The molecule has 1 aliphatic rings. The first-order chi connectivity index (χ1) is 22.8. The highest BCUT2D eigenvalue weighted by molar-refractivity contribution is 8.00. The molecule has 8 nitrogen and oxygen atoms in total. The van der Waals surface area contributed by atoms with Gasteiger partial charge in [0, 0.05) is 25.9 Å². The Morgan fingerprint density at radius 2 is 1.72 bits per heavy atom. The zero-order chi connectivity index (χ0) is 33.2. The molecule has 1 unspecified atom stereocenters. The molecule has 0 aliphatic heterocycles. The monoisotopic (exact) mass is 687 g/mol. The number of hydrogen-bond acceptors (Lipinski definition) is 8. The van der Waals surface area contributed by atoms with Crippen molar-refractivity contribution in [3.63, 3.8) is 0 Å². The molecular formula is C36H37N3O5S3. The number of anilines is 2. The van der Waals surface area contributed by atoms with Gasteiger partial charge in [-0.15, -0.1) is 34.4 Å². The van der Waals surface area contributed by atoms with Gasteiger partial charge >= 0.3 is 5.97 Å². The van der Waals surface area contributed by atoms with Gasteiger partial charge in [-0.05, 0) is 92.9 Å². The summed E-state index contributed by atoms with van der Waals surface area (Å²) < 4.78 is 5.39. The molecule has 0 saturated heterocycles. The second-order valence-corrected chi connectivity index (χ2v) is 14.5. The largest absolute Gasteiger partial charge is 0.462 e. The van der Waals surface area contributed by atoms with Gasteiger partial charge in [-0.25, -0.2) is 4.79 Å². The Bertz CT molecular complexity index is 1750. The fourth-order valence-corrected chi connectivity index (χ4v) is 8.07. The smallest absolute Gasteiger partial charge is 0.341 e. The summed E-state index contributed by atoms with van der Waals surface area (Å²) in [5.41, 5.74) is 2.57. The summed E-state index contributed by atoms with van der Waals surface area (Å²) in [6.07, 6.45) is 7.70. The number of carbonyl (C=O) groups excluding carboxylic acids is 4. The molecule has 1 atom stereocenters. The van der Waals surface area contributed by atoms with Crippen LogP contribution in [0.3, 0.4) is 0 Å². The first-order valence-corrected chi connectivity index (χ1v) is 18.2. The van der Waals surface area contributed by atoms with Crippen molar-refractivity contribution in [2.45, 2.75) is 62.5 Å². The summed E-state index contributed by atoms with van der Waals surface area (Å²) in [6, 6.07) is 19.6. The third-order valence-electron chi connectivity index (χ3n) is 7.52. The minimum atomic E-state index is -0.500. The number of aryl methyl sites for hydroxylation is 1. The van der Waals surface area contributed by atoms with Crippen LogP contribution in [0, 0.1) is 0 Å². The average Bonchev–Trinajstić information content (AvgIpc) is 3.68. The molecule has 5 rings (SSSR count). The SMILES string of the molecule is CCOC(=O)c1c(NC(=O)C(C)Sc2cccc(NC(=O)/C(=C/c3cccs3)NC(=O)c3ccccc3)c2)sc2c1CCCCCC2. The van der Waals surface area contributed by atoms with Crippen LogP contribution in [0.2, 0.25) is 0 Å². The van der Waals surface area contributed by atoms with E-state index in [9.17, 15) is 19.2 Å². The number of esters is 1.